The number of sulfonamides is 1. The first-order chi connectivity index (χ1) is 14.2. The molecule has 0 spiro atoms. The minimum Gasteiger partial charge on any atom is -0.379 e. The van der Waals surface area contributed by atoms with Crippen LogP contribution in [0.5, 0.6) is 0 Å². The van der Waals surface area contributed by atoms with Gasteiger partial charge in [0.1, 0.15) is 4.88 Å². The first-order valence-corrected chi connectivity index (χ1v) is 11.6. The van der Waals surface area contributed by atoms with E-state index in [-0.39, 0.29) is 21.5 Å². The molecule has 30 heavy (non-hydrogen) atoms. The lowest BCUT2D eigenvalue weighted by Gasteiger charge is -2.26. The van der Waals surface area contributed by atoms with Crippen molar-refractivity contribution in [3.05, 3.63) is 40.4 Å². The third kappa shape index (κ3) is 5.83. The predicted octanol–water partition coefficient (Wildman–Crippen LogP) is 0.413. The van der Waals surface area contributed by atoms with Gasteiger partial charge in [-0.25, -0.2) is 18.5 Å². The number of benzene rings is 1. The molecule has 4 N–H and O–H groups in total. The third-order valence-electron chi connectivity index (χ3n) is 4.49. The maximum Gasteiger partial charge on any atom is 0.263 e. The molecule has 0 aliphatic carbocycles. The summed E-state index contributed by atoms with van der Waals surface area (Å²) < 4.78 is 27.9. The van der Waals surface area contributed by atoms with Crippen LogP contribution in [0, 0.1) is 6.92 Å². The fourth-order valence-corrected chi connectivity index (χ4v) is 4.25. The van der Waals surface area contributed by atoms with Crippen molar-refractivity contribution in [2.75, 3.05) is 44.7 Å². The van der Waals surface area contributed by atoms with Crippen LogP contribution >= 0.6 is 11.3 Å². The Balaban J connectivity index is 1.57. The van der Waals surface area contributed by atoms with Crippen molar-refractivity contribution in [2.45, 2.75) is 11.8 Å². The van der Waals surface area contributed by atoms with Gasteiger partial charge in [-0.1, -0.05) is 11.3 Å². The molecule has 1 saturated heterocycles. The van der Waals surface area contributed by atoms with E-state index in [1.165, 1.54) is 24.3 Å². The quantitative estimate of drug-likeness (QED) is 0.551. The van der Waals surface area contributed by atoms with Gasteiger partial charge in [0.2, 0.25) is 10.0 Å². The number of thiazole rings is 1. The van der Waals surface area contributed by atoms with Crippen LogP contribution in [0.4, 0.5) is 5.13 Å². The molecule has 0 atom stereocenters. The van der Waals surface area contributed by atoms with Gasteiger partial charge in [0.25, 0.3) is 11.8 Å². The number of aromatic nitrogens is 1. The highest BCUT2D eigenvalue weighted by Crippen LogP contribution is 2.23. The van der Waals surface area contributed by atoms with Crippen LogP contribution in [0.3, 0.4) is 0 Å². The number of carbonyl (C=O) groups is 2. The van der Waals surface area contributed by atoms with Crippen LogP contribution in [0.25, 0.3) is 0 Å². The standard InChI is InChI=1S/C18H23N5O5S2/c1-12-15(17(25)20-6-7-23-8-10-28-11-9-23)29-18(21-12)22-16(24)13-2-4-14(5-3-13)30(19,26)27/h2-5H,6-11H2,1H3,(H,20,25)(H2,19,26,27)(H,21,22,24). The summed E-state index contributed by atoms with van der Waals surface area (Å²) in [6.45, 7) is 6.06. The van der Waals surface area contributed by atoms with Crippen LogP contribution in [-0.4, -0.2) is 69.5 Å². The topological polar surface area (TPSA) is 144 Å². The Bertz CT molecular complexity index is 1010. The zero-order chi connectivity index (χ0) is 21.7. The Morgan fingerprint density at radius 1 is 1.20 bits per heavy atom. The van der Waals surface area contributed by atoms with E-state index in [0.29, 0.717) is 30.3 Å². The SMILES string of the molecule is Cc1nc(NC(=O)c2ccc(S(N)(=O)=O)cc2)sc1C(=O)NCCN1CCOCC1. The molecule has 0 unspecified atom stereocenters. The second-order valence-electron chi connectivity index (χ2n) is 6.67. The summed E-state index contributed by atoms with van der Waals surface area (Å²) in [5.41, 5.74) is 0.760. The molecular weight excluding hydrogens is 430 g/mol. The van der Waals surface area contributed by atoms with Crippen LogP contribution in [0.15, 0.2) is 29.2 Å². The van der Waals surface area contributed by atoms with E-state index in [1.54, 1.807) is 6.92 Å². The van der Waals surface area contributed by atoms with Crippen LogP contribution in [-0.2, 0) is 14.8 Å². The Morgan fingerprint density at radius 3 is 2.50 bits per heavy atom. The predicted molar refractivity (Wildman–Crippen MR) is 112 cm³/mol. The van der Waals surface area contributed by atoms with E-state index in [0.717, 1.165) is 31.0 Å². The molecule has 1 aliphatic rings. The molecule has 1 aromatic heterocycles. The van der Waals surface area contributed by atoms with Crippen molar-refractivity contribution in [1.29, 1.82) is 0 Å². The Kier molecular flexibility index (Phi) is 7.15. The average Bonchev–Trinajstić information content (AvgIpc) is 3.08. The monoisotopic (exact) mass is 453 g/mol. The minimum absolute atomic E-state index is 0.0832. The van der Waals surface area contributed by atoms with Gasteiger partial charge >= 0.3 is 0 Å². The summed E-state index contributed by atoms with van der Waals surface area (Å²) >= 11 is 1.08. The number of hydrogen-bond acceptors (Lipinski definition) is 8. The number of primary sulfonamides is 1. The van der Waals surface area contributed by atoms with Gasteiger partial charge in [0.05, 0.1) is 23.8 Å². The molecule has 2 aromatic rings. The van der Waals surface area contributed by atoms with Crippen molar-refractivity contribution in [3.8, 4) is 0 Å². The number of nitrogens with zero attached hydrogens (tertiary/aromatic N) is 2. The zero-order valence-electron chi connectivity index (χ0n) is 16.4. The summed E-state index contributed by atoms with van der Waals surface area (Å²) in [5.74, 6) is -0.708. The van der Waals surface area contributed by atoms with Gasteiger partial charge in [-0.3, -0.25) is 19.8 Å². The van der Waals surface area contributed by atoms with Gasteiger partial charge < -0.3 is 10.1 Å². The second-order valence-corrected chi connectivity index (χ2v) is 9.23. The molecule has 3 rings (SSSR count). The molecule has 1 fully saturated rings. The molecule has 2 heterocycles. The molecule has 10 nitrogen and oxygen atoms in total. The van der Waals surface area contributed by atoms with E-state index in [9.17, 15) is 18.0 Å². The number of anilines is 1. The molecule has 12 heteroatoms. The van der Waals surface area contributed by atoms with Crippen LogP contribution in [0.1, 0.15) is 25.7 Å². The van der Waals surface area contributed by atoms with Crippen molar-refractivity contribution >= 4 is 38.3 Å². The molecule has 2 amide bonds. The maximum atomic E-state index is 12.4. The fourth-order valence-electron chi connectivity index (χ4n) is 2.86. The number of ether oxygens (including phenoxy) is 1. The Hall–Kier alpha value is -2.38. The van der Waals surface area contributed by atoms with Crippen molar-refractivity contribution in [1.82, 2.24) is 15.2 Å². The van der Waals surface area contributed by atoms with Crippen LogP contribution in [0.2, 0.25) is 0 Å². The number of morpholine rings is 1. The summed E-state index contributed by atoms with van der Waals surface area (Å²) in [6.07, 6.45) is 0. The average molecular weight is 454 g/mol. The van der Waals surface area contributed by atoms with Gasteiger partial charge in [-0.05, 0) is 31.2 Å². The first kappa shape index (κ1) is 22.3. The smallest absolute Gasteiger partial charge is 0.263 e. The highest BCUT2D eigenvalue weighted by Gasteiger charge is 2.18. The summed E-state index contributed by atoms with van der Waals surface area (Å²) in [7, 11) is -3.83. The minimum atomic E-state index is -3.83. The number of nitrogens with one attached hydrogen (secondary N) is 2. The van der Waals surface area contributed by atoms with Crippen LogP contribution < -0.4 is 15.8 Å². The van der Waals surface area contributed by atoms with Gasteiger partial charge in [-0.15, -0.1) is 0 Å². The molecule has 0 radical (unpaired) electrons. The van der Waals surface area contributed by atoms with Crippen molar-refractivity contribution in [3.63, 3.8) is 0 Å². The number of carbonyl (C=O) groups excluding carboxylic acids is 2. The number of amides is 2. The van der Waals surface area contributed by atoms with Crippen molar-refractivity contribution < 1.29 is 22.7 Å². The largest absolute Gasteiger partial charge is 0.379 e. The maximum absolute atomic E-state index is 12.4. The fraction of sp³-hybridized carbons (Fsp3) is 0.389. The lowest BCUT2D eigenvalue weighted by Crippen LogP contribution is -2.41. The van der Waals surface area contributed by atoms with Crippen molar-refractivity contribution in [2.24, 2.45) is 5.14 Å². The van der Waals surface area contributed by atoms with E-state index in [2.05, 4.69) is 20.5 Å². The van der Waals surface area contributed by atoms with E-state index in [4.69, 9.17) is 9.88 Å². The molecule has 1 aromatic carbocycles. The van der Waals surface area contributed by atoms with Gasteiger partial charge in [0, 0.05) is 31.7 Å². The first-order valence-electron chi connectivity index (χ1n) is 9.24. The number of aryl methyl sites for hydroxylation is 1. The van der Waals surface area contributed by atoms with E-state index >= 15 is 0 Å². The molecule has 1 aliphatic heterocycles. The normalized spacial score (nSPS) is 15.0. The highest BCUT2D eigenvalue weighted by atomic mass is 32.2. The number of hydrogen-bond donors (Lipinski definition) is 3. The lowest BCUT2D eigenvalue weighted by atomic mass is 10.2. The van der Waals surface area contributed by atoms with E-state index < -0.39 is 15.9 Å². The summed E-state index contributed by atoms with van der Waals surface area (Å²) in [4.78, 5) is 31.6. The number of rotatable bonds is 7. The lowest BCUT2D eigenvalue weighted by molar-refractivity contribution is 0.0383. The zero-order valence-corrected chi connectivity index (χ0v) is 18.0. The Labute approximate surface area is 178 Å². The highest BCUT2D eigenvalue weighted by molar-refractivity contribution is 7.89. The summed E-state index contributed by atoms with van der Waals surface area (Å²) in [5, 5.41) is 10.8. The summed E-state index contributed by atoms with van der Waals surface area (Å²) in [6, 6.07) is 5.22. The molecule has 162 valence electrons. The third-order valence-corrected chi connectivity index (χ3v) is 6.49. The molecule has 0 saturated carbocycles. The molecular formula is C18H23N5O5S2. The molecule has 0 bridgehead atoms. The van der Waals surface area contributed by atoms with E-state index in [1.807, 2.05) is 0 Å². The Morgan fingerprint density at radius 2 is 1.87 bits per heavy atom. The second kappa shape index (κ2) is 9.62. The van der Waals surface area contributed by atoms with Gasteiger partial charge in [0.15, 0.2) is 5.13 Å². The number of nitrogens with two attached hydrogens (primary N) is 1. The van der Waals surface area contributed by atoms with Gasteiger partial charge in [-0.2, -0.15) is 0 Å².